The van der Waals surface area contributed by atoms with Gasteiger partial charge in [0, 0.05) is 11.6 Å². The highest BCUT2D eigenvalue weighted by Gasteiger charge is 2.02. The number of hydrogen-bond acceptors (Lipinski definition) is 4. The molecule has 0 fully saturated rings. The summed E-state index contributed by atoms with van der Waals surface area (Å²) < 4.78 is 0. The van der Waals surface area contributed by atoms with E-state index in [2.05, 4.69) is 15.0 Å². The molecule has 0 amide bonds. The van der Waals surface area contributed by atoms with E-state index >= 15 is 0 Å². The van der Waals surface area contributed by atoms with Crippen LogP contribution in [0.3, 0.4) is 0 Å². The van der Waals surface area contributed by atoms with Gasteiger partial charge in [0.2, 0.25) is 0 Å². The van der Waals surface area contributed by atoms with Gasteiger partial charge in [-0.25, -0.2) is 15.0 Å². The lowest BCUT2D eigenvalue weighted by Gasteiger charge is -2.00. The average Bonchev–Trinajstić information content (AvgIpc) is 2.08. The van der Waals surface area contributed by atoms with Gasteiger partial charge in [-0.05, 0) is 19.9 Å². The molecular formula is C9H9N3O. The molecule has 2 heterocycles. The Morgan fingerprint density at radius 1 is 1.23 bits per heavy atom. The van der Waals surface area contributed by atoms with Crippen molar-refractivity contribution in [1.29, 1.82) is 0 Å². The van der Waals surface area contributed by atoms with Gasteiger partial charge in [-0.2, -0.15) is 0 Å². The number of rotatable bonds is 0. The lowest BCUT2D eigenvalue weighted by atomic mass is 10.3. The zero-order valence-corrected chi connectivity index (χ0v) is 7.44. The first-order valence-electron chi connectivity index (χ1n) is 3.97. The molecule has 0 radical (unpaired) electrons. The Balaban J connectivity index is 2.81. The van der Waals surface area contributed by atoms with Crippen molar-refractivity contribution in [3.05, 3.63) is 23.8 Å². The number of pyridine rings is 1. The van der Waals surface area contributed by atoms with Crippen LogP contribution in [0.5, 0.6) is 5.75 Å². The van der Waals surface area contributed by atoms with Gasteiger partial charge >= 0.3 is 0 Å². The van der Waals surface area contributed by atoms with Gasteiger partial charge < -0.3 is 5.11 Å². The molecule has 0 spiro atoms. The smallest absolute Gasteiger partial charge is 0.163 e. The highest BCUT2D eigenvalue weighted by atomic mass is 16.3. The molecule has 0 aliphatic carbocycles. The van der Waals surface area contributed by atoms with Crippen LogP contribution < -0.4 is 0 Å². The summed E-state index contributed by atoms with van der Waals surface area (Å²) in [6, 6.07) is 1.62. The van der Waals surface area contributed by atoms with Gasteiger partial charge in [-0.1, -0.05) is 0 Å². The van der Waals surface area contributed by atoms with Crippen LogP contribution in [0, 0.1) is 13.8 Å². The minimum atomic E-state index is 0.181. The van der Waals surface area contributed by atoms with Gasteiger partial charge in [-0.3, -0.25) is 0 Å². The quantitative estimate of drug-likeness (QED) is 0.656. The third kappa shape index (κ3) is 1.30. The van der Waals surface area contributed by atoms with E-state index in [0.717, 1.165) is 5.39 Å². The van der Waals surface area contributed by atoms with Crippen molar-refractivity contribution in [2.24, 2.45) is 0 Å². The van der Waals surface area contributed by atoms with Crippen LogP contribution in [0.1, 0.15) is 11.5 Å². The van der Waals surface area contributed by atoms with E-state index in [4.69, 9.17) is 0 Å². The number of fused-ring (bicyclic) bond motifs is 1. The first kappa shape index (κ1) is 7.91. The van der Waals surface area contributed by atoms with Crippen molar-refractivity contribution < 1.29 is 5.11 Å². The van der Waals surface area contributed by atoms with E-state index in [0.29, 0.717) is 17.2 Å². The molecule has 66 valence electrons. The molecule has 2 aromatic heterocycles. The van der Waals surface area contributed by atoms with Crippen LogP contribution >= 0.6 is 0 Å². The zero-order valence-electron chi connectivity index (χ0n) is 7.44. The van der Waals surface area contributed by atoms with Gasteiger partial charge in [0.25, 0.3) is 0 Å². The van der Waals surface area contributed by atoms with Crippen molar-refractivity contribution in [3.8, 4) is 5.75 Å². The fourth-order valence-electron chi connectivity index (χ4n) is 1.13. The molecule has 0 unspecified atom stereocenters. The normalized spacial score (nSPS) is 10.6. The van der Waals surface area contributed by atoms with Gasteiger partial charge in [0.05, 0.1) is 5.69 Å². The second-order valence-corrected chi connectivity index (χ2v) is 2.92. The van der Waals surface area contributed by atoms with Crippen molar-refractivity contribution in [3.63, 3.8) is 0 Å². The van der Waals surface area contributed by atoms with Crippen LogP contribution in [0.25, 0.3) is 11.0 Å². The van der Waals surface area contributed by atoms with Crippen molar-refractivity contribution in [2.75, 3.05) is 0 Å². The third-order valence-electron chi connectivity index (χ3n) is 1.85. The Morgan fingerprint density at radius 2 is 2.00 bits per heavy atom. The van der Waals surface area contributed by atoms with E-state index in [9.17, 15) is 5.11 Å². The van der Waals surface area contributed by atoms with E-state index in [-0.39, 0.29) is 5.75 Å². The minimum Gasteiger partial charge on any atom is -0.506 e. The fraction of sp³-hybridized carbons (Fsp3) is 0.222. The van der Waals surface area contributed by atoms with E-state index in [1.807, 2.05) is 6.92 Å². The molecule has 0 aliphatic rings. The Bertz CT molecular complexity index is 468. The number of nitrogens with zero attached hydrogens (tertiary/aromatic N) is 3. The van der Waals surface area contributed by atoms with Crippen LogP contribution in [0.15, 0.2) is 12.3 Å². The maximum absolute atomic E-state index is 9.37. The maximum Gasteiger partial charge on any atom is 0.163 e. The Hall–Kier alpha value is -1.71. The summed E-state index contributed by atoms with van der Waals surface area (Å²) in [5, 5.41) is 10.1. The molecule has 2 aromatic rings. The molecule has 13 heavy (non-hydrogen) atoms. The van der Waals surface area contributed by atoms with E-state index in [1.165, 1.54) is 0 Å². The third-order valence-corrected chi connectivity index (χ3v) is 1.85. The van der Waals surface area contributed by atoms with Crippen molar-refractivity contribution in [1.82, 2.24) is 15.0 Å². The monoisotopic (exact) mass is 175 g/mol. The van der Waals surface area contributed by atoms with Crippen molar-refractivity contribution in [2.45, 2.75) is 13.8 Å². The Kier molecular flexibility index (Phi) is 1.62. The summed E-state index contributed by atoms with van der Waals surface area (Å²) >= 11 is 0. The zero-order chi connectivity index (χ0) is 9.42. The molecule has 4 nitrogen and oxygen atoms in total. The highest BCUT2D eigenvalue weighted by molar-refractivity contribution is 5.75. The first-order chi connectivity index (χ1) is 6.16. The number of aromatic hydroxyl groups is 1. The summed E-state index contributed by atoms with van der Waals surface area (Å²) in [7, 11) is 0. The van der Waals surface area contributed by atoms with Crippen molar-refractivity contribution >= 4 is 11.0 Å². The second-order valence-electron chi connectivity index (χ2n) is 2.92. The lowest BCUT2D eigenvalue weighted by molar-refractivity contribution is 0.469. The Labute approximate surface area is 75.3 Å². The summed E-state index contributed by atoms with van der Waals surface area (Å²) in [5.74, 6) is 0.866. The van der Waals surface area contributed by atoms with Crippen LogP contribution in [0.2, 0.25) is 0 Å². The van der Waals surface area contributed by atoms with Crippen LogP contribution in [0.4, 0.5) is 0 Å². The highest BCUT2D eigenvalue weighted by Crippen LogP contribution is 2.18. The van der Waals surface area contributed by atoms with E-state index < -0.39 is 0 Å². The number of aryl methyl sites for hydroxylation is 2. The first-order valence-corrected chi connectivity index (χ1v) is 3.97. The van der Waals surface area contributed by atoms with Crippen LogP contribution in [-0.2, 0) is 0 Å². The van der Waals surface area contributed by atoms with Gasteiger partial charge in [-0.15, -0.1) is 0 Å². The standard InChI is InChI=1S/C9H9N3O/c1-5-8(13)3-7-4-10-6(2)12-9(7)11-5/h3-4,13H,1-2H3. The Morgan fingerprint density at radius 3 is 2.77 bits per heavy atom. The van der Waals surface area contributed by atoms with Gasteiger partial charge in [0.1, 0.15) is 11.6 Å². The molecule has 0 bridgehead atoms. The molecule has 0 saturated heterocycles. The topological polar surface area (TPSA) is 58.9 Å². The molecule has 0 aliphatic heterocycles. The molecule has 2 rings (SSSR count). The second kappa shape index (κ2) is 2.65. The molecular weight excluding hydrogens is 166 g/mol. The number of hydrogen-bond donors (Lipinski definition) is 1. The van der Waals surface area contributed by atoms with Gasteiger partial charge in [0.15, 0.2) is 5.65 Å². The molecule has 1 N–H and O–H groups in total. The maximum atomic E-state index is 9.37. The number of aromatic nitrogens is 3. The fourth-order valence-corrected chi connectivity index (χ4v) is 1.13. The predicted molar refractivity (Wildman–Crippen MR) is 48.5 cm³/mol. The summed E-state index contributed by atoms with van der Waals surface area (Å²) in [4.78, 5) is 12.3. The SMILES string of the molecule is Cc1ncc2cc(O)c(C)nc2n1. The minimum absolute atomic E-state index is 0.181. The molecule has 0 aromatic carbocycles. The molecule has 0 saturated carbocycles. The summed E-state index contributed by atoms with van der Waals surface area (Å²) in [6.45, 7) is 3.55. The van der Waals surface area contributed by atoms with Crippen LogP contribution in [-0.4, -0.2) is 20.1 Å². The summed E-state index contributed by atoms with van der Waals surface area (Å²) in [6.07, 6.45) is 1.66. The molecule has 0 atom stereocenters. The lowest BCUT2D eigenvalue weighted by Crippen LogP contribution is -1.92. The average molecular weight is 175 g/mol. The van der Waals surface area contributed by atoms with E-state index in [1.54, 1.807) is 19.2 Å². The molecule has 4 heteroatoms. The predicted octanol–water partition coefficient (Wildman–Crippen LogP) is 1.35. The largest absolute Gasteiger partial charge is 0.506 e. The summed E-state index contributed by atoms with van der Waals surface area (Å²) in [5.41, 5.74) is 1.22.